The summed E-state index contributed by atoms with van der Waals surface area (Å²) in [6.07, 6.45) is 4.48. The molecule has 2 bridgehead atoms. The van der Waals surface area contributed by atoms with Crippen LogP contribution in [0.1, 0.15) is 32.4 Å². The van der Waals surface area contributed by atoms with Crippen LogP contribution in [0.15, 0.2) is 42.9 Å². The fourth-order valence-electron chi connectivity index (χ4n) is 5.74. The van der Waals surface area contributed by atoms with E-state index in [0.717, 1.165) is 30.8 Å². The molecular weight excluding hydrogens is 419 g/mol. The van der Waals surface area contributed by atoms with Crippen LogP contribution in [-0.4, -0.2) is 68.1 Å². The van der Waals surface area contributed by atoms with Crippen molar-refractivity contribution in [2.45, 2.75) is 51.4 Å². The molecule has 8 heteroatoms. The largest absolute Gasteiger partial charge is 0.507 e. The molecule has 2 aromatic heterocycles. The second kappa shape index (κ2) is 7.52. The van der Waals surface area contributed by atoms with Crippen molar-refractivity contribution in [1.29, 1.82) is 0 Å². The Morgan fingerprint density at radius 2 is 1.94 bits per heavy atom. The number of phenols is 1. The fourth-order valence-corrected chi connectivity index (χ4v) is 5.74. The third-order valence-corrected chi connectivity index (χ3v) is 7.95. The first-order valence-electron chi connectivity index (χ1n) is 11.4. The Hall–Kier alpha value is -3.00. The highest BCUT2D eigenvalue weighted by atomic mass is 19.1. The number of rotatable bonds is 4. The van der Waals surface area contributed by atoms with Gasteiger partial charge in [0.1, 0.15) is 11.9 Å². The van der Waals surface area contributed by atoms with Gasteiger partial charge in [-0.15, -0.1) is 10.2 Å². The molecule has 1 N–H and O–H groups in total. The van der Waals surface area contributed by atoms with E-state index in [1.165, 1.54) is 0 Å². The second-order valence-electron chi connectivity index (χ2n) is 10.2. The average molecular weight is 451 g/mol. The number of imidazole rings is 1. The standard InChI is InChI=1S/C25H31FN6O/c1-16-13-32(15-27-16)17-6-7-18(20(33)12-17)19-8-9-21(29-28-19)31(5)23-22(26)25(3)11-10-24(23,2)14-30(25)4/h6-9,12-13,15,22-23,33H,10-11,14H2,1-5H3/t22-,23-,24-,25-/m0/s1. The van der Waals surface area contributed by atoms with Crippen molar-refractivity contribution in [3.63, 3.8) is 0 Å². The predicted molar refractivity (Wildman–Crippen MR) is 126 cm³/mol. The summed E-state index contributed by atoms with van der Waals surface area (Å²) in [5.74, 6) is 0.752. The lowest BCUT2D eigenvalue weighted by atomic mass is 9.59. The molecule has 1 saturated carbocycles. The maximum atomic E-state index is 15.8. The summed E-state index contributed by atoms with van der Waals surface area (Å²) in [5, 5.41) is 19.4. The Morgan fingerprint density at radius 1 is 1.15 bits per heavy atom. The summed E-state index contributed by atoms with van der Waals surface area (Å²) < 4.78 is 17.6. The Bertz CT molecular complexity index is 1180. The first kappa shape index (κ1) is 21.8. The van der Waals surface area contributed by atoms with Gasteiger partial charge in [0.2, 0.25) is 0 Å². The van der Waals surface area contributed by atoms with Crippen molar-refractivity contribution >= 4 is 5.82 Å². The van der Waals surface area contributed by atoms with Gasteiger partial charge in [-0.2, -0.15) is 0 Å². The van der Waals surface area contributed by atoms with Gasteiger partial charge >= 0.3 is 0 Å². The van der Waals surface area contributed by atoms with E-state index >= 15 is 4.39 Å². The zero-order valence-electron chi connectivity index (χ0n) is 19.8. The van der Waals surface area contributed by atoms with Crippen LogP contribution in [-0.2, 0) is 0 Å². The quantitative estimate of drug-likeness (QED) is 0.648. The molecule has 3 fully saturated rings. The highest BCUT2D eigenvalue weighted by Gasteiger charge is 2.61. The Kier molecular flexibility index (Phi) is 4.97. The van der Waals surface area contributed by atoms with Crippen molar-refractivity contribution < 1.29 is 9.50 Å². The number of hydrogen-bond acceptors (Lipinski definition) is 6. The number of piperidine rings is 2. The SMILES string of the molecule is Cc1cn(-c2ccc(-c3ccc(N(C)[C@H]4[C@H](F)[C@]5(C)CC[C@@]4(C)CN5C)nn3)c(O)c2)cn1. The highest BCUT2D eigenvalue weighted by molar-refractivity contribution is 5.69. The molecule has 2 aliphatic heterocycles. The molecule has 7 nitrogen and oxygen atoms in total. The number of nitrogens with zero attached hydrogens (tertiary/aromatic N) is 6. The van der Waals surface area contributed by atoms with Gasteiger partial charge in [-0.05, 0) is 58.0 Å². The van der Waals surface area contributed by atoms with Gasteiger partial charge < -0.3 is 14.6 Å². The summed E-state index contributed by atoms with van der Waals surface area (Å²) >= 11 is 0. The van der Waals surface area contributed by atoms with Gasteiger partial charge in [-0.1, -0.05) is 6.92 Å². The number of benzene rings is 1. The van der Waals surface area contributed by atoms with E-state index in [1.807, 2.05) is 67.9 Å². The molecule has 1 aromatic carbocycles. The Morgan fingerprint density at radius 3 is 2.55 bits per heavy atom. The Labute approximate surface area is 193 Å². The minimum Gasteiger partial charge on any atom is -0.507 e. The molecule has 6 rings (SSSR count). The van der Waals surface area contributed by atoms with Gasteiger partial charge in [-0.25, -0.2) is 9.37 Å². The molecule has 3 aromatic rings. The smallest absolute Gasteiger partial charge is 0.151 e. The molecule has 0 amide bonds. The highest BCUT2D eigenvalue weighted by Crippen LogP contribution is 2.52. The summed E-state index contributed by atoms with van der Waals surface area (Å²) in [4.78, 5) is 8.36. The van der Waals surface area contributed by atoms with Gasteiger partial charge in [-0.3, -0.25) is 4.90 Å². The van der Waals surface area contributed by atoms with Crippen LogP contribution in [0, 0.1) is 12.3 Å². The van der Waals surface area contributed by atoms with E-state index in [2.05, 4.69) is 27.0 Å². The van der Waals surface area contributed by atoms with Crippen molar-refractivity contribution in [3.05, 3.63) is 48.5 Å². The molecule has 4 atom stereocenters. The molecular formula is C25H31FN6O. The number of halogens is 1. The number of phenolic OH excluding ortho intramolecular Hbond substituents is 1. The zero-order chi connectivity index (χ0) is 23.5. The predicted octanol–water partition coefficient (Wildman–Crippen LogP) is 3.99. The van der Waals surface area contributed by atoms with E-state index in [-0.39, 0.29) is 17.2 Å². The van der Waals surface area contributed by atoms with E-state index in [4.69, 9.17) is 0 Å². The van der Waals surface area contributed by atoms with Gasteiger partial charge in [0.25, 0.3) is 0 Å². The molecule has 4 heterocycles. The second-order valence-corrected chi connectivity index (χ2v) is 10.2. The van der Waals surface area contributed by atoms with E-state index in [1.54, 1.807) is 12.4 Å². The first-order valence-corrected chi connectivity index (χ1v) is 11.4. The van der Waals surface area contributed by atoms with Crippen LogP contribution in [0.4, 0.5) is 10.2 Å². The van der Waals surface area contributed by atoms with Crippen LogP contribution < -0.4 is 4.90 Å². The maximum Gasteiger partial charge on any atom is 0.151 e. The number of aryl methyl sites for hydroxylation is 1. The van der Waals surface area contributed by atoms with Crippen LogP contribution in [0.25, 0.3) is 16.9 Å². The molecule has 0 spiro atoms. The maximum absolute atomic E-state index is 15.8. The number of hydrogen-bond donors (Lipinski definition) is 1. The third kappa shape index (κ3) is 3.39. The van der Waals surface area contributed by atoms with Crippen LogP contribution >= 0.6 is 0 Å². The summed E-state index contributed by atoms with van der Waals surface area (Å²) in [5.41, 5.74) is 2.28. The number of anilines is 1. The van der Waals surface area contributed by atoms with E-state index < -0.39 is 11.7 Å². The number of aromatic hydroxyl groups is 1. The fraction of sp³-hybridized carbons (Fsp3) is 0.480. The monoisotopic (exact) mass is 450 g/mol. The normalized spacial score (nSPS) is 29.4. The summed E-state index contributed by atoms with van der Waals surface area (Å²) in [6.45, 7) is 6.99. The third-order valence-electron chi connectivity index (χ3n) is 7.95. The Balaban J connectivity index is 1.40. The van der Waals surface area contributed by atoms with Gasteiger partial charge in [0, 0.05) is 36.8 Å². The average Bonchev–Trinajstić information content (AvgIpc) is 3.22. The van der Waals surface area contributed by atoms with Crippen molar-refractivity contribution in [3.8, 4) is 22.7 Å². The lowest BCUT2D eigenvalue weighted by Gasteiger charge is -2.63. The van der Waals surface area contributed by atoms with Crippen LogP contribution in [0.5, 0.6) is 5.75 Å². The van der Waals surface area contributed by atoms with Gasteiger partial charge in [0.05, 0.1) is 35.0 Å². The molecule has 3 aliphatic rings. The van der Waals surface area contributed by atoms with Crippen molar-refractivity contribution in [1.82, 2.24) is 24.6 Å². The lowest BCUT2D eigenvalue weighted by Crippen LogP contribution is -2.74. The molecule has 1 aliphatic carbocycles. The minimum atomic E-state index is -0.982. The van der Waals surface area contributed by atoms with E-state index in [0.29, 0.717) is 17.1 Å². The summed E-state index contributed by atoms with van der Waals surface area (Å²) in [6, 6.07) is 8.84. The molecule has 174 valence electrons. The first-order chi connectivity index (χ1) is 15.6. The molecule has 0 unspecified atom stereocenters. The zero-order valence-corrected chi connectivity index (χ0v) is 19.8. The lowest BCUT2D eigenvalue weighted by molar-refractivity contribution is -0.123. The van der Waals surface area contributed by atoms with Crippen molar-refractivity contribution in [2.75, 3.05) is 25.5 Å². The van der Waals surface area contributed by atoms with E-state index in [9.17, 15) is 5.11 Å². The van der Waals surface area contributed by atoms with Crippen molar-refractivity contribution in [2.24, 2.45) is 5.41 Å². The number of alkyl halides is 1. The van der Waals surface area contributed by atoms with Gasteiger partial charge in [0.15, 0.2) is 5.82 Å². The topological polar surface area (TPSA) is 70.3 Å². The minimum absolute atomic E-state index is 0.117. The molecule has 2 saturated heterocycles. The number of fused-ring (bicyclic) bond motifs is 3. The van der Waals surface area contributed by atoms with Crippen LogP contribution in [0.2, 0.25) is 0 Å². The van der Waals surface area contributed by atoms with Crippen LogP contribution in [0.3, 0.4) is 0 Å². The molecule has 33 heavy (non-hydrogen) atoms. The number of aromatic nitrogens is 4. The molecule has 0 radical (unpaired) electrons. The summed E-state index contributed by atoms with van der Waals surface area (Å²) in [7, 11) is 3.94.